The minimum Gasteiger partial charge on any atom is -0.397 e. The van der Waals surface area contributed by atoms with Crippen molar-refractivity contribution in [3.05, 3.63) is 23.8 Å². The highest BCUT2D eigenvalue weighted by atomic mass is 32.2. The van der Waals surface area contributed by atoms with E-state index >= 15 is 0 Å². The molecule has 6 heteroatoms. The van der Waals surface area contributed by atoms with Crippen LogP contribution in [0, 0.1) is 11.3 Å². The molecule has 0 aliphatic carbocycles. The number of nitrogens with zero attached hydrogens (tertiary/aromatic N) is 2. The minimum atomic E-state index is -3.00. The number of hydrogen-bond acceptors (Lipinski definition) is 5. The highest BCUT2D eigenvalue weighted by molar-refractivity contribution is 7.90. The van der Waals surface area contributed by atoms with Gasteiger partial charge in [0.05, 0.1) is 28.8 Å². The van der Waals surface area contributed by atoms with Gasteiger partial charge in [0.2, 0.25) is 0 Å². The Morgan fingerprint density at radius 3 is 2.65 bits per heavy atom. The predicted octanol–water partition coefficient (Wildman–Crippen LogP) is 0.621. The van der Waals surface area contributed by atoms with Crippen LogP contribution in [0.15, 0.2) is 18.2 Å². The number of nitrogens with two attached hydrogens (primary N) is 1. The average molecular weight is 253 g/mol. The lowest BCUT2D eigenvalue weighted by Gasteiger charge is -2.20. The van der Waals surface area contributed by atoms with Crippen LogP contribution in [0.2, 0.25) is 0 Å². The maximum atomic E-state index is 11.1. The summed E-state index contributed by atoms with van der Waals surface area (Å²) in [6, 6.07) is 6.94. The van der Waals surface area contributed by atoms with Gasteiger partial charge in [-0.2, -0.15) is 5.26 Å². The fourth-order valence-corrected chi connectivity index (χ4v) is 1.97. The van der Waals surface area contributed by atoms with Crippen LogP contribution in [0.3, 0.4) is 0 Å². The second-order valence-electron chi connectivity index (χ2n) is 3.94. The molecule has 0 saturated heterocycles. The van der Waals surface area contributed by atoms with Crippen molar-refractivity contribution >= 4 is 21.2 Å². The van der Waals surface area contributed by atoms with Gasteiger partial charge in [-0.15, -0.1) is 0 Å². The molecule has 0 radical (unpaired) electrons. The SMILES string of the molecule is CN(CCS(C)(=O)=O)c1cc(C#N)ccc1N. The van der Waals surface area contributed by atoms with Crippen LogP contribution in [0.1, 0.15) is 5.56 Å². The van der Waals surface area contributed by atoms with Crippen LogP contribution in [0.5, 0.6) is 0 Å². The molecule has 0 fully saturated rings. The summed E-state index contributed by atoms with van der Waals surface area (Å²) >= 11 is 0. The van der Waals surface area contributed by atoms with Crippen molar-refractivity contribution in [1.29, 1.82) is 5.26 Å². The Kier molecular flexibility index (Phi) is 3.97. The molecule has 5 nitrogen and oxygen atoms in total. The van der Waals surface area contributed by atoms with Crippen molar-refractivity contribution in [3.63, 3.8) is 0 Å². The summed E-state index contributed by atoms with van der Waals surface area (Å²) in [7, 11) is -1.26. The predicted molar refractivity (Wildman–Crippen MR) is 68.6 cm³/mol. The number of rotatable bonds is 4. The van der Waals surface area contributed by atoms with E-state index in [2.05, 4.69) is 0 Å². The van der Waals surface area contributed by atoms with Gasteiger partial charge in [0.15, 0.2) is 0 Å². The van der Waals surface area contributed by atoms with Crippen LogP contribution in [0.25, 0.3) is 0 Å². The van der Waals surface area contributed by atoms with Crippen LogP contribution in [-0.4, -0.2) is 34.0 Å². The summed E-state index contributed by atoms with van der Waals surface area (Å²) in [6.07, 6.45) is 1.19. The Bertz CT molecular complexity index is 546. The number of anilines is 2. The molecule has 0 saturated carbocycles. The van der Waals surface area contributed by atoms with Crippen molar-refractivity contribution in [2.24, 2.45) is 0 Å². The first-order valence-corrected chi connectivity index (χ1v) is 7.08. The van der Waals surface area contributed by atoms with Crippen molar-refractivity contribution in [2.45, 2.75) is 0 Å². The van der Waals surface area contributed by atoms with E-state index in [-0.39, 0.29) is 5.75 Å². The first-order chi connectivity index (χ1) is 7.83. The molecule has 0 amide bonds. The largest absolute Gasteiger partial charge is 0.397 e. The molecule has 0 atom stereocenters. The van der Waals surface area contributed by atoms with Gasteiger partial charge < -0.3 is 10.6 Å². The van der Waals surface area contributed by atoms with E-state index in [1.165, 1.54) is 6.26 Å². The first-order valence-electron chi connectivity index (χ1n) is 5.02. The lowest BCUT2D eigenvalue weighted by molar-refractivity contribution is 0.601. The summed E-state index contributed by atoms with van der Waals surface area (Å²) in [5.74, 6) is 0.0553. The van der Waals surface area contributed by atoms with Crippen LogP contribution < -0.4 is 10.6 Å². The van der Waals surface area contributed by atoms with E-state index in [9.17, 15) is 8.42 Å². The molecule has 0 aromatic heterocycles. The Hall–Kier alpha value is -1.74. The molecule has 92 valence electrons. The van der Waals surface area contributed by atoms with Gasteiger partial charge >= 0.3 is 0 Å². The Morgan fingerprint density at radius 2 is 2.12 bits per heavy atom. The molecular formula is C11H15N3O2S. The highest BCUT2D eigenvalue weighted by Gasteiger charge is 2.09. The second kappa shape index (κ2) is 5.06. The molecule has 1 rings (SSSR count). The first kappa shape index (κ1) is 13.3. The van der Waals surface area contributed by atoms with E-state index in [1.54, 1.807) is 30.1 Å². The van der Waals surface area contributed by atoms with E-state index < -0.39 is 9.84 Å². The zero-order valence-corrected chi connectivity index (χ0v) is 10.7. The standard InChI is InChI=1S/C11H15N3O2S/c1-14(5-6-17(2,15)16)11-7-9(8-12)3-4-10(11)13/h3-4,7H,5-6,13H2,1-2H3. The zero-order valence-electron chi connectivity index (χ0n) is 9.84. The maximum absolute atomic E-state index is 11.1. The molecule has 0 aliphatic rings. The van der Waals surface area contributed by atoms with Crippen LogP contribution in [-0.2, 0) is 9.84 Å². The van der Waals surface area contributed by atoms with Gasteiger partial charge in [0, 0.05) is 19.8 Å². The lowest BCUT2D eigenvalue weighted by atomic mass is 10.2. The summed E-state index contributed by atoms with van der Waals surface area (Å²) < 4.78 is 22.1. The van der Waals surface area contributed by atoms with E-state index in [0.717, 1.165) is 0 Å². The molecule has 1 aromatic carbocycles. The third-order valence-electron chi connectivity index (χ3n) is 2.37. The molecule has 1 aromatic rings. The highest BCUT2D eigenvalue weighted by Crippen LogP contribution is 2.23. The van der Waals surface area contributed by atoms with E-state index in [1.807, 2.05) is 6.07 Å². The minimum absolute atomic E-state index is 0.0553. The summed E-state index contributed by atoms with van der Waals surface area (Å²) in [5.41, 5.74) is 7.49. The fraction of sp³-hybridized carbons (Fsp3) is 0.364. The smallest absolute Gasteiger partial charge is 0.149 e. The summed E-state index contributed by atoms with van der Waals surface area (Å²) in [4.78, 5) is 1.73. The van der Waals surface area contributed by atoms with Gasteiger partial charge in [-0.05, 0) is 18.2 Å². The Morgan fingerprint density at radius 1 is 1.47 bits per heavy atom. The average Bonchev–Trinajstić information content (AvgIpc) is 2.25. The van der Waals surface area contributed by atoms with Crippen LogP contribution in [0.4, 0.5) is 11.4 Å². The quantitative estimate of drug-likeness (QED) is 0.795. The molecule has 2 N–H and O–H groups in total. The van der Waals surface area contributed by atoms with Gasteiger partial charge in [-0.25, -0.2) is 8.42 Å². The number of nitrogen functional groups attached to an aromatic ring is 1. The second-order valence-corrected chi connectivity index (χ2v) is 6.20. The monoisotopic (exact) mass is 253 g/mol. The number of hydrogen-bond donors (Lipinski definition) is 1. The molecule has 0 unspecified atom stereocenters. The third-order valence-corrected chi connectivity index (χ3v) is 3.29. The molecule has 0 aliphatic heterocycles. The van der Waals surface area contributed by atoms with E-state index in [0.29, 0.717) is 23.5 Å². The zero-order chi connectivity index (χ0) is 13.1. The molecule has 17 heavy (non-hydrogen) atoms. The number of benzene rings is 1. The Balaban J connectivity index is 2.89. The van der Waals surface area contributed by atoms with Crippen molar-refractivity contribution in [1.82, 2.24) is 0 Å². The summed E-state index contributed by atoms with van der Waals surface area (Å²) in [6.45, 7) is 0.345. The van der Waals surface area contributed by atoms with Gasteiger partial charge in [-0.1, -0.05) is 0 Å². The molecule has 0 heterocycles. The van der Waals surface area contributed by atoms with Crippen molar-refractivity contribution < 1.29 is 8.42 Å². The van der Waals surface area contributed by atoms with Crippen molar-refractivity contribution in [2.75, 3.05) is 36.2 Å². The maximum Gasteiger partial charge on any atom is 0.149 e. The van der Waals surface area contributed by atoms with Crippen molar-refractivity contribution in [3.8, 4) is 6.07 Å². The number of sulfone groups is 1. The van der Waals surface area contributed by atoms with Gasteiger partial charge in [-0.3, -0.25) is 0 Å². The third kappa shape index (κ3) is 3.96. The van der Waals surface area contributed by atoms with Crippen LogP contribution >= 0.6 is 0 Å². The van der Waals surface area contributed by atoms with E-state index in [4.69, 9.17) is 11.0 Å². The number of nitriles is 1. The van der Waals surface area contributed by atoms with Gasteiger partial charge in [0.1, 0.15) is 9.84 Å². The molecule has 0 spiro atoms. The molecule has 0 bridgehead atoms. The molecular weight excluding hydrogens is 238 g/mol. The summed E-state index contributed by atoms with van der Waals surface area (Å²) in [5, 5.41) is 8.79. The topological polar surface area (TPSA) is 87.2 Å². The Labute approximate surface area is 101 Å². The fourth-order valence-electron chi connectivity index (χ4n) is 1.37. The normalized spacial score (nSPS) is 10.9. The van der Waals surface area contributed by atoms with Gasteiger partial charge in [0.25, 0.3) is 0 Å². The lowest BCUT2D eigenvalue weighted by Crippen LogP contribution is -2.25.